The minimum Gasteiger partial charge on any atom is -0.465 e. The summed E-state index contributed by atoms with van der Waals surface area (Å²) < 4.78 is 4.63. The fraction of sp³-hybridized carbons (Fsp3) is 0.333. The van der Waals surface area contributed by atoms with E-state index in [9.17, 15) is 9.59 Å². The number of carbonyl (C=O) groups excluding carboxylic acids is 2. The van der Waals surface area contributed by atoms with Crippen molar-refractivity contribution >= 4 is 17.4 Å². The second-order valence-corrected chi connectivity index (χ2v) is 3.59. The van der Waals surface area contributed by atoms with Crippen molar-refractivity contribution in [1.29, 1.82) is 0 Å². The van der Waals surface area contributed by atoms with E-state index in [1.54, 1.807) is 18.2 Å². The third kappa shape index (κ3) is 3.57. The molecule has 0 spiro atoms. The van der Waals surface area contributed by atoms with Crippen LogP contribution >= 0.6 is 0 Å². The van der Waals surface area contributed by atoms with E-state index < -0.39 is 5.97 Å². The van der Waals surface area contributed by atoms with E-state index >= 15 is 0 Å². The highest BCUT2D eigenvalue weighted by Crippen LogP contribution is 2.18. The first-order valence-corrected chi connectivity index (χ1v) is 5.14. The van der Waals surface area contributed by atoms with Crippen LogP contribution in [-0.2, 0) is 16.1 Å². The molecule has 92 valence electrons. The molecule has 17 heavy (non-hydrogen) atoms. The van der Waals surface area contributed by atoms with Crippen LogP contribution in [0.1, 0.15) is 22.8 Å². The summed E-state index contributed by atoms with van der Waals surface area (Å²) in [4.78, 5) is 22.4. The van der Waals surface area contributed by atoms with Gasteiger partial charge in [0, 0.05) is 5.69 Å². The summed E-state index contributed by atoms with van der Waals surface area (Å²) in [5.41, 5.74) is 1.48. The molecule has 0 radical (unpaired) electrons. The van der Waals surface area contributed by atoms with Crippen LogP contribution in [0.2, 0.25) is 0 Å². The number of methoxy groups -OCH3 is 1. The molecule has 0 heterocycles. The zero-order chi connectivity index (χ0) is 12.8. The molecule has 1 aromatic carbocycles. The molecule has 0 aliphatic carbocycles. The Morgan fingerprint density at radius 3 is 2.65 bits per heavy atom. The molecule has 0 saturated heterocycles. The first-order chi connectivity index (χ1) is 8.08. The summed E-state index contributed by atoms with van der Waals surface area (Å²) >= 11 is 0. The molecule has 1 rings (SSSR count). The van der Waals surface area contributed by atoms with Gasteiger partial charge in [0.05, 0.1) is 25.8 Å². The van der Waals surface area contributed by atoms with Gasteiger partial charge in [-0.15, -0.1) is 0 Å². The van der Waals surface area contributed by atoms with Crippen molar-refractivity contribution in [3.63, 3.8) is 0 Å². The highest BCUT2D eigenvalue weighted by atomic mass is 16.5. The fourth-order valence-electron chi connectivity index (χ4n) is 1.34. The lowest BCUT2D eigenvalue weighted by Crippen LogP contribution is -2.14. The SMILES string of the molecule is COC(=O)c1ccc(CO)cc1NCC(C)=O. The van der Waals surface area contributed by atoms with Crippen molar-refractivity contribution in [2.24, 2.45) is 0 Å². The molecule has 0 fully saturated rings. The number of rotatable bonds is 5. The number of benzene rings is 1. The van der Waals surface area contributed by atoms with Gasteiger partial charge in [-0.05, 0) is 24.6 Å². The number of aliphatic hydroxyl groups excluding tert-OH is 1. The van der Waals surface area contributed by atoms with Crippen LogP contribution in [0.15, 0.2) is 18.2 Å². The molecule has 0 atom stereocenters. The molecule has 0 unspecified atom stereocenters. The monoisotopic (exact) mass is 237 g/mol. The molecule has 1 aromatic rings. The van der Waals surface area contributed by atoms with Crippen LogP contribution in [0.3, 0.4) is 0 Å². The van der Waals surface area contributed by atoms with E-state index in [2.05, 4.69) is 10.1 Å². The van der Waals surface area contributed by atoms with Gasteiger partial charge >= 0.3 is 5.97 Å². The van der Waals surface area contributed by atoms with Crippen LogP contribution in [0.4, 0.5) is 5.69 Å². The Labute approximate surface area is 99.4 Å². The van der Waals surface area contributed by atoms with Crippen LogP contribution in [-0.4, -0.2) is 30.5 Å². The molecular formula is C12H15NO4. The van der Waals surface area contributed by atoms with Crippen LogP contribution < -0.4 is 5.32 Å². The third-order valence-electron chi connectivity index (χ3n) is 2.20. The third-order valence-corrected chi connectivity index (χ3v) is 2.20. The zero-order valence-corrected chi connectivity index (χ0v) is 9.82. The normalized spacial score (nSPS) is 9.82. The minimum absolute atomic E-state index is 0.0461. The second-order valence-electron chi connectivity index (χ2n) is 3.59. The molecule has 0 saturated carbocycles. The predicted octanol–water partition coefficient (Wildman–Crippen LogP) is 0.966. The number of aliphatic hydroxyl groups is 1. The quantitative estimate of drug-likeness (QED) is 0.746. The Morgan fingerprint density at radius 1 is 1.41 bits per heavy atom. The van der Waals surface area contributed by atoms with E-state index in [-0.39, 0.29) is 18.9 Å². The average Bonchev–Trinajstić information content (AvgIpc) is 2.34. The molecule has 0 aromatic heterocycles. The van der Waals surface area contributed by atoms with Crippen molar-refractivity contribution in [3.05, 3.63) is 29.3 Å². The van der Waals surface area contributed by atoms with Gasteiger partial charge in [-0.1, -0.05) is 6.07 Å². The molecule has 0 aliphatic rings. The number of nitrogens with one attached hydrogen (secondary N) is 1. The lowest BCUT2D eigenvalue weighted by molar-refractivity contribution is -0.115. The number of Topliss-reactive ketones (excluding diaryl/α,β-unsaturated/α-hetero) is 1. The summed E-state index contributed by atoms with van der Waals surface area (Å²) in [7, 11) is 1.29. The molecule has 5 nitrogen and oxygen atoms in total. The Bertz CT molecular complexity index is 429. The van der Waals surface area contributed by atoms with Gasteiger partial charge in [0.2, 0.25) is 0 Å². The number of carbonyl (C=O) groups is 2. The average molecular weight is 237 g/mol. The summed E-state index contributed by atoms with van der Waals surface area (Å²) in [6.07, 6.45) is 0. The van der Waals surface area contributed by atoms with Gasteiger partial charge in [0.15, 0.2) is 0 Å². The van der Waals surface area contributed by atoms with E-state index in [0.29, 0.717) is 16.8 Å². The van der Waals surface area contributed by atoms with E-state index in [1.807, 2.05) is 0 Å². The molecule has 0 amide bonds. The number of hydrogen-bond donors (Lipinski definition) is 2. The highest BCUT2D eigenvalue weighted by molar-refractivity contribution is 5.96. The molecule has 0 bridgehead atoms. The summed E-state index contributed by atoms with van der Waals surface area (Å²) in [6, 6.07) is 4.81. The number of ketones is 1. The summed E-state index contributed by atoms with van der Waals surface area (Å²) in [6.45, 7) is 1.44. The van der Waals surface area contributed by atoms with E-state index in [4.69, 9.17) is 5.11 Å². The first-order valence-electron chi connectivity index (χ1n) is 5.14. The Balaban J connectivity index is 3.02. The van der Waals surface area contributed by atoms with Gasteiger partial charge in [-0.25, -0.2) is 4.79 Å². The Hall–Kier alpha value is -1.88. The highest BCUT2D eigenvalue weighted by Gasteiger charge is 2.12. The van der Waals surface area contributed by atoms with E-state index in [1.165, 1.54) is 14.0 Å². The van der Waals surface area contributed by atoms with Gasteiger partial charge in [0.1, 0.15) is 5.78 Å². The number of anilines is 1. The largest absolute Gasteiger partial charge is 0.465 e. The number of esters is 1. The van der Waals surface area contributed by atoms with Crippen LogP contribution in [0.5, 0.6) is 0 Å². The van der Waals surface area contributed by atoms with Gasteiger partial charge in [0.25, 0.3) is 0 Å². The maximum Gasteiger partial charge on any atom is 0.339 e. The van der Waals surface area contributed by atoms with Crippen LogP contribution in [0.25, 0.3) is 0 Å². The summed E-state index contributed by atoms with van der Waals surface area (Å²) in [5.74, 6) is -0.532. The van der Waals surface area contributed by atoms with Crippen molar-refractivity contribution in [2.45, 2.75) is 13.5 Å². The zero-order valence-electron chi connectivity index (χ0n) is 9.82. The van der Waals surface area contributed by atoms with E-state index in [0.717, 1.165) is 0 Å². The first kappa shape index (κ1) is 13.2. The molecule has 0 aliphatic heterocycles. The topological polar surface area (TPSA) is 75.6 Å². The second kappa shape index (κ2) is 6.00. The maximum atomic E-state index is 11.5. The van der Waals surface area contributed by atoms with Crippen molar-refractivity contribution in [3.8, 4) is 0 Å². The molecule has 5 heteroatoms. The summed E-state index contributed by atoms with van der Waals surface area (Å²) in [5, 5.41) is 11.9. The van der Waals surface area contributed by atoms with Gasteiger partial charge < -0.3 is 15.2 Å². The molecule has 2 N–H and O–H groups in total. The van der Waals surface area contributed by atoms with Crippen LogP contribution in [0, 0.1) is 0 Å². The predicted molar refractivity (Wildman–Crippen MR) is 62.9 cm³/mol. The van der Waals surface area contributed by atoms with Crippen molar-refractivity contribution in [1.82, 2.24) is 0 Å². The Kier molecular flexibility index (Phi) is 4.66. The lowest BCUT2D eigenvalue weighted by Gasteiger charge is -2.10. The van der Waals surface area contributed by atoms with Gasteiger partial charge in [-0.2, -0.15) is 0 Å². The minimum atomic E-state index is -0.486. The standard InChI is InChI=1S/C12H15NO4/c1-8(15)6-13-11-5-9(7-14)3-4-10(11)12(16)17-2/h3-5,13-14H,6-7H2,1-2H3. The van der Waals surface area contributed by atoms with Crippen molar-refractivity contribution < 1.29 is 19.4 Å². The maximum absolute atomic E-state index is 11.5. The number of ether oxygens (including phenoxy) is 1. The lowest BCUT2D eigenvalue weighted by atomic mass is 10.1. The van der Waals surface area contributed by atoms with Gasteiger partial charge in [-0.3, -0.25) is 4.79 Å². The van der Waals surface area contributed by atoms with Crippen molar-refractivity contribution in [2.75, 3.05) is 19.0 Å². The fourth-order valence-corrected chi connectivity index (χ4v) is 1.34. The smallest absolute Gasteiger partial charge is 0.339 e. The number of hydrogen-bond acceptors (Lipinski definition) is 5. The Morgan fingerprint density at radius 2 is 2.12 bits per heavy atom. The molecular weight excluding hydrogens is 222 g/mol.